The van der Waals surface area contributed by atoms with Gasteiger partial charge in [-0.2, -0.15) is 0 Å². The van der Waals surface area contributed by atoms with E-state index in [0.717, 1.165) is 37.5 Å². The molecule has 2 aromatic rings. The molecule has 0 radical (unpaired) electrons. The van der Waals surface area contributed by atoms with Gasteiger partial charge in [0.1, 0.15) is 11.9 Å². The van der Waals surface area contributed by atoms with Crippen LogP contribution in [0.2, 0.25) is 0 Å². The fourth-order valence-corrected chi connectivity index (χ4v) is 5.04. The van der Waals surface area contributed by atoms with Gasteiger partial charge in [0.2, 0.25) is 0 Å². The highest BCUT2D eigenvalue weighted by molar-refractivity contribution is 7.99. The van der Waals surface area contributed by atoms with Gasteiger partial charge in [0, 0.05) is 48.1 Å². The number of hydrogen-bond donors (Lipinski definition) is 0. The topological polar surface area (TPSA) is 45.1 Å². The molecular weight excluding hydrogens is 370 g/mol. The number of aliphatic imine (C=N–C) groups is 1. The van der Waals surface area contributed by atoms with Crippen molar-refractivity contribution >= 4 is 29.2 Å². The number of amides is 1. The monoisotopic (exact) mass is 393 g/mol. The van der Waals surface area contributed by atoms with E-state index >= 15 is 0 Å². The van der Waals surface area contributed by atoms with Crippen LogP contribution in [0.15, 0.2) is 63.3 Å². The van der Waals surface area contributed by atoms with E-state index in [4.69, 9.17) is 9.73 Å². The summed E-state index contributed by atoms with van der Waals surface area (Å²) in [5.74, 6) is 1.17. The number of rotatable bonds is 1. The van der Waals surface area contributed by atoms with E-state index in [9.17, 15) is 4.79 Å². The summed E-state index contributed by atoms with van der Waals surface area (Å²) in [6.45, 7) is 3.72. The van der Waals surface area contributed by atoms with E-state index in [1.54, 1.807) is 11.8 Å². The molecule has 6 heteroatoms. The van der Waals surface area contributed by atoms with Gasteiger partial charge >= 0.3 is 0 Å². The lowest BCUT2D eigenvalue weighted by molar-refractivity contribution is -0.142. The Labute approximate surface area is 169 Å². The van der Waals surface area contributed by atoms with Crippen LogP contribution in [0.1, 0.15) is 18.4 Å². The van der Waals surface area contributed by atoms with Crippen molar-refractivity contribution in [3.8, 4) is 0 Å². The third-order valence-corrected chi connectivity index (χ3v) is 6.68. The van der Waals surface area contributed by atoms with Gasteiger partial charge < -0.3 is 14.5 Å². The fraction of sp³-hybridized carbons (Fsp3) is 0.364. The predicted molar refractivity (Wildman–Crippen MR) is 110 cm³/mol. The van der Waals surface area contributed by atoms with E-state index in [0.29, 0.717) is 19.7 Å². The molecule has 144 valence electrons. The molecule has 28 heavy (non-hydrogen) atoms. The second-order valence-electron chi connectivity index (χ2n) is 7.32. The van der Waals surface area contributed by atoms with Crippen LogP contribution in [0.5, 0.6) is 0 Å². The molecule has 2 fully saturated rings. The van der Waals surface area contributed by atoms with Crippen LogP contribution in [0.3, 0.4) is 0 Å². The number of ether oxygens (including phenoxy) is 1. The standard InChI is InChI=1S/C22H23N3O2S/c26-22(18-8-5-15-27-18)25-13-11-24(12-14-25)21-16-6-1-3-9-19(16)28-20-10-4-2-7-17(20)23-21/h1-4,6-7,9-10,18H,5,8,11-15H2. The molecule has 1 amide bonds. The molecule has 2 saturated heterocycles. The summed E-state index contributed by atoms with van der Waals surface area (Å²) >= 11 is 1.77. The Kier molecular flexibility index (Phi) is 4.82. The minimum atomic E-state index is -0.231. The molecule has 0 saturated carbocycles. The zero-order valence-electron chi connectivity index (χ0n) is 15.7. The maximum Gasteiger partial charge on any atom is 0.251 e. The highest BCUT2D eigenvalue weighted by Crippen LogP contribution is 2.40. The number of para-hydroxylation sites is 1. The molecule has 3 aliphatic rings. The molecule has 0 bridgehead atoms. The largest absolute Gasteiger partial charge is 0.368 e. The van der Waals surface area contributed by atoms with Crippen LogP contribution in [-0.2, 0) is 9.53 Å². The quantitative estimate of drug-likeness (QED) is 0.743. The summed E-state index contributed by atoms with van der Waals surface area (Å²) in [4.78, 5) is 24.4. The predicted octanol–water partition coefficient (Wildman–Crippen LogP) is 3.55. The molecule has 2 aromatic carbocycles. The zero-order chi connectivity index (χ0) is 18.9. The van der Waals surface area contributed by atoms with E-state index in [1.807, 2.05) is 11.0 Å². The number of benzene rings is 2. The molecular formula is C22H23N3O2S. The van der Waals surface area contributed by atoms with Crippen molar-refractivity contribution in [2.45, 2.75) is 28.7 Å². The lowest BCUT2D eigenvalue weighted by atomic mass is 10.1. The summed E-state index contributed by atoms with van der Waals surface area (Å²) in [6, 6.07) is 16.8. The summed E-state index contributed by atoms with van der Waals surface area (Å²) in [6.07, 6.45) is 1.61. The first-order chi connectivity index (χ1) is 13.8. The zero-order valence-corrected chi connectivity index (χ0v) is 16.5. The molecule has 3 aliphatic heterocycles. The summed E-state index contributed by atoms with van der Waals surface area (Å²) in [7, 11) is 0. The molecule has 1 unspecified atom stereocenters. The second-order valence-corrected chi connectivity index (χ2v) is 8.40. The van der Waals surface area contributed by atoms with Gasteiger partial charge in [0.05, 0.1) is 5.69 Å². The Bertz CT molecular complexity index is 916. The maximum absolute atomic E-state index is 12.6. The number of carbonyl (C=O) groups is 1. The number of nitrogens with zero attached hydrogens (tertiary/aromatic N) is 3. The second kappa shape index (κ2) is 7.60. The van der Waals surface area contributed by atoms with Gasteiger partial charge in [-0.3, -0.25) is 4.79 Å². The van der Waals surface area contributed by atoms with E-state index in [1.165, 1.54) is 15.4 Å². The minimum absolute atomic E-state index is 0.154. The van der Waals surface area contributed by atoms with Crippen molar-refractivity contribution in [3.63, 3.8) is 0 Å². The number of piperazine rings is 1. The SMILES string of the molecule is O=C(C1CCCO1)N1CCN(C2=Nc3ccccc3Sc3ccccc32)CC1. The maximum atomic E-state index is 12.6. The summed E-state index contributed by atoms with van der Waals surface area (Å²) < 4.78 is 5.58. The number of fused-ring (bicyclic) bond motifs is 2. The van der Waals surface area contributed by atoms with Crippen LogP contribution >= 0.6 is 11.8 Å². The highest BCUT2D eigenvalue weighted by atomic mass is 32.2. The third-order valence-electron chi connectivity index (χ3n) is 5.54. The van der Waals surface area contributed by atoms with Crippen LogP contribution in [0.4, 0.5) is 5.69 Å². The average Bonchev–Trinajstić information content (AvgIpc) is 3.22. The fourth-order valence-electron chi connectivity index (χ4n) is 4.02. The van der Waals surface area contributed by atoms with Crippen molar-refractivity contribution in [3.05, 3.63) is 54.1 Å². The number of hydrogen-bond acceptors (Lipinski definition) is 5. The van der Waals surface area contributed by atoms with Gasteiger partial charge in [-0.05, 0) is 31.0 Å². The number of carbonyl (C=O) groups excluding carboxylic acids is 1. The summed E-state index contributed by atoms with van der Waals surface area (Å²) in [5.41, 5.74) is 2.18. The normalized spacial score (nSPS) is 21.6. The number of amidine groups is 1. The molecule has 0 aliphatic carbocycles. The Hall–Kier alpha value is -2.31. The molecule has 3 heterocycles. The van der Waals surface area contributed by atoms with Gasteiger partial charge in [0.15, 0.2) is 0 Å². The first kappa shape index (κ1) is 17.8. The first-order valence-electron chi connectivity index (χ1n) is 9.90. The molecule has 0 aromatic heterocycles. The molecule has 0 N–H and O–H groups in total. The molecule has 0 spiro atoms. The van der Waals surface area contributed by atoms with Crippen LogP contribution in [0, 0.1) is 0 Å². The van der Waals surface area contributed by atoms with Gasteiger partial charge in [0.25, 0.3) is 5.91 Å². The molecule has 5 nitrogen and oxygen atoms in total. The van der Waals surface area contributed by atoms with Gasteiger partial charge in [-0.15, -0.1) is 0 Å². The van der Waals surface area contributed by atoms with E-state index < -0.39 is 0 Å². The van der Waals surface area contributed by atoms with Gasteiger partial charge in [-0.1, -0.05) is 42.1 Å². The lowest BCUT2D eigenvalue weighted by Gasteiger charge is -2.37. The van der Waals surface area contributed by atoms with Crippen molar-refractivity contribution in [1.29, 1.82) is 0 Å². The van der Waals surface area contributed by atoms with Crippen molar-refractivity contribution in [1.82, 2.24) is 9.80 Å². The van der Waals surface area contributed by atoms with Crippen molar-refractivity contribution < 1.29 is 9.53 Å². The Morgan fingerprint density at radius 1 is 1.00 bits per heavy atom. The molecule has 5 rings (SSSR count). The van der Waals surface area contributed by atoms with Crippen LogP contribution in [0.25, 0.3) is 0 Å². The third kappa shape index (κ3) is 3.31. The molecule has 1 atom stereocenters. The smallest absolute Gasteiger partial charge is 0.251 e. The van der Waals surface area contributed by atoms with Gasteiger partial charge in [-0.25, -0.2) is 4.99 Å². The van der Waals surface area contributed by atoms with Crippen LogP contribution in [-0.4, -0.2) is 60.4 Å². The Balaban J connectivity index is 1.40. The van der Waals surface area contributed by atoms with Crippen molar-refractivity contribution in [2.75, 3.05) is 32.8 Å². The first-order valence-corrected chi connectivity index (χ1v) is 10.7. The van der Waals surface area contributed by atoms with Crippen molar-refractivity contribution in [2.24, 2.45) is 4.99 Å². The van der Waals surface area contributed by atoms with E-state index in [2.05, 4.69) is 47.4 Å². The van der Waals surface area contributed by atoms with E-state index in [-0.39, 0.29) is 12.0 Å². The Morgan fingerprint density at radius 3 is 2.54 bits per heavy atom. The van der Waals surface area contributed by atoms with Crippen LogP contribution < -0.4 is 0 Å². The summed E-state index contributed by atoms with van der Waals surface area (Å²) in [5, 5.41) is 0. The average molecular weight is 394 g/mol. The lowest BCUT2D eigenvalue weighted by Crippen LogP contribution is -2.53. The highest BCUT2D eigenvalue weighted by Gasteiger charge is 2.32. The minimum Gasteiger partial charge on any atom is -0.368 e. The Morgan fingerprint density at radius 2 is 1.75 bits per heavy atom.